The van der Waals surface area contributed by atoms with E-state index in [1.165, 1.54) is 36.5 Å². The maximum absolute atomic E-state index is 2.21. The summed E-state index contributed by atoms with van der Waals surface area (Å²) in [5, 5.41) is 2.41. The molecular formula is C8H14S2. The van der Waals surface area contributed by atoms with Crippen LogP contribution in [0.3, 0.4) is 0 Å². The summed E-state index contributed by atoms with van der Waals surface area (Å²) < 4.78 is 0. The van der Waals surface area contributed by atoms with Gasteiger partial charge in [-0.15, -0.1) is 11.8 Å². The van der Waals surface area contributed by atoms with Crippen LogP contribution < -0.4 is 0 Å². The molecule has 2 heteroatoms. The molecule has 1 saturated heterocycles. The van der Waals surface area contributed by atoms with Crippen LogP contribution in [0.2, 0.25) is 0 Å². The second kappa shape index (κ2) is 3.40. The number of hydrogen-bond donors (Lipinski definition) is 0. The largest absolute Gasteiger partial charge is 0.151 e. The highest BCUT2D eigenvalue weighted by atomic mass is 32.2. The fourth-order valence-electron chi connectivity index (χ4n) is 1.92. The fraction of sp³-hybridized carbons (Fsp3) is 1.00. The molecule has 1 aliphatic heterocycles. The van der Waals surface area contributed by atoms with Gasteiger partial charge in [-0.05, 0) is 24.5 Å². The third kappa shape index (κ3) is 1.48. The van der Waals surface area contributed by atoms with Crippen molar-refractivity contribution < 1.29 is 0 Å². The summed E-state index contributed by atoms with van der Waals surface area (Å²) in [4.78, 5) is 0. The van der Waals surface area contributed by atoms with Gasteiger partial charge in [-0.3, -0.25) is 0 Å². The molecule has 1 saturated carbocycles. The predicted molar refractivity (Wildman–Crippen MR) is 50.7 cm³/mol. The smallest absolute Gasteiger partial charge is 0.0395 e. The van der Waals surface area contributed by atoms with Crippen LogP contribution >= 0.6 is 23.5 Å². The maximum Gasteiger partial charge on any atom is 0.0395 e. The van der Waals surface area contributed by atoms with E-state index in [4.69, 9.17) is 0 Å². The predicted octanol–water partition coefficient (Wildman–Crippen LogP) is 2.98. The molecule has 1 heterocycles. The Morgan fingerprint density at radius 1 is 1.10 bits per heavy atom. The molecule has 0 amide bonds. The first-order valence-electron chi connectivity index (χ1n) is 4.16. The molecule has 2 atom stereocenters. The third-order valence-corrected chi connectivity index (χ3v) is 5.46. The Labute approximate surface area is 71.5 Å². The Kier molecular flexibility index (Phi) is 2.50. The van der Waals surface area contributed by atoms with E-state index in [0.717, 1.165) is 11.2 Å². The van der Waals surface area contributed by atoms with Crippen LogP contribution in [-0.2, 0) is 0 Å². The van der Waals surface area contributed by atoms with E-state index < -0.39 is 0 Å². The molecule has 0 aromatic rings. The van der Waals surface area contributed by atoms with Crippen molar-refractivity contribution in [1.29, 1.82) is 0 Å². The molecule has 0 aromatic carbocycles. The lowest BCUT2D eigenvalue weighted by Gasteiger charge is -2.34. The molecule has 0 N–H and O–H groups in total. The standard InChI is InChI=1S/C8H14S2/c1-2-4-8-7(3-1)5-9-6-10-8/h7-8H,1-6H2/t7-,8+/m1/s1. The van der Waals surface area contributed by atoms with Gasteiger partial charge in [-0.1, -0.05) is 12.8 Å². The third-order valence-electron chi connectivity index (χ3n) is 2.54. The van der Waals surface area contributed by atoms with E-state index in [0.29, 0.717) is 0 Å². The normalized spacial score (nSPS) is 40.8. The van der Waals surface area contributed by atoms with Gasteiger partial charge >= 0.3 is 0 Å². The summed E-state index contributed by atoms with van der Waals surface area (Å²) >= 11 is 4.35. The Bertz CT molecular complexity index is 87.8. The molecule has 0 bridgehead atoms. The van der Waals surface area contributed by atoms with Crippen molar-refractivity contribution in [3.8, 4) is 0 Å². The zero-order valence-corrected chi connectivity index (χ0v) is 7.85. The second-order valence-corrected chi connectivity index (χ2v) is 5.86. The molecular weight excluding hydrogens is 160 g/mol. The van der Waals surface area contributed by atoms with Gasteiger partial charge in [-0.25, -0.2) is 0 Å². The minimum absolute atomic E-state index is 1.05. The quantitative estimate of drug-likeness (QED) is 0.554. The second-order valence-electron chi connectivity index (χ2n) is 3.24. The van der Waals surface area contributed by atoms with Crippen LogP contribution in [0.4, 0.5) is 0 Å². The van der Waals surface area contributed by atoms with Gasteiger partial charge in [0.05, 0.1) is 0 Å². The van der Waals surface area contributed by atoms with Crippen LogP contribution in [0.15, 0.2) is 0 Å². The number of rotatable bonds is 0. The molecule has 2 aliphatic rings. The number of thioether (sulfide) groups is 2. The fourth-order valence-corrected chi connectivity index (χ4v) is 5.05. The molecule has 1 aliphatic carbocycles. The van der Waals surface area contributed by atoms with E-state index in [1.54, 1.807) is 0 Å². The molecule has 0 aromatic heterocycles. The van der Waals surface area contributed by atoms with Crippen molar-refractivity contribution in [2.45, 2.75) is 30.9 Å². The Hall–Kier alpha value is 0.700. The van der Waals surface area contributed by atoms with Crippen molar-refractivity contribution >= 4 is 23.5 Å². The van der Waals surface area contributed by atoms with E-state index >= 15 is 0 Å². The van der Waals surface area contributed by atoms with Crippen LogP contribution in [0, 0.1) is 5.92 Å². The maximum atomic E-state index is 2.21. The van der Waals surface area contributed by atoms with Crippen LogP contribution in [0.5, 0.6) is 0 Å². The SMILES string of the molecule is C1CC[C@@H]2SCSC[C@H]2C1. The summed E-state index contributed by atoms with van der Waals surface area (Å²) in [5.41, 5.74) is 0. The zero-order chi connectivity index (χ0) is 6.81. The van der Waals surface area contributed by atoms with Crippen molar-refractivity contribution in [3.05, 3.63) is 0 Å². The monoisotopic (exact) mass is 174 g/mol. The highest BCUT2D eigenvalue weighted by molar-refractivity contribution is 8.16. The van der Waals surface area contributed by atoms with Gasteiger partial charge in [0.15, 0.2) is 0 Å². The van der Waals surface area contributed by atoms with Crippen molar-refractivity contribution in [2.75, 3.05) is 10.8 Å². The molecule has 10 heavy (non-hydrogen) atoms. The van der Waals surface area contributed by atoms with Crippen molar-refractivity contribution in [1.82, 2.24) is 0 Å². The van der Waals surface area contributed by atoms with Crippen molar-refractivity contribution in [3.63, 3.8) is 0 Å². The molecule has 0 radical (unpaired) electrons. The molecule has 0 nitrogen and oxygen atoms in total. The summed E-state index contributed by atoms with van der Waals surface area (Å²) in [6, 6.07) is 0. The Morgan fingerprint density at radius 2 is 2.00 bits per heavy atom. The number of fused-ring (bicyclic) bond motifs is 1. The average Bonchev–Trinajstić information content (AvgIpc) is 2.05. The summed E-state index contributed by atoms with van der Waals surface area (Å²) in [7, 11) is 0. The number of hydrogen-bond acceptors (Lipinski definition) is 2. The highest BCUT2D eigenvalue weighted by Crippen LogP contribution is 2.40. The van der Waals surface area contributed by atoms with Gasteiger partial charge in [-0.2, -0.15) is 11.8 Å². The topological polar surface area (TPSA) is 0 Å². The van der Waals surface area contributed by atoms with Gasteiger partial charge in [0.1, 0.15) is 0 Å². The first kappa shape index (κ1) is 7.35. The lowest BCUT2D eigenvalue weighted by atomic mass is 9.90. The minimum Gasteiger partial charge on any atom is -0.151 e. The summed E-state index contributed by atoms with van der Waals surface area (Å²) in [6.07, 6.45) is 6.03. The van der Waals surface area contributed by atoms with Crippen LogP contribution in [0.1, 0.15) is 25.7 Å². The minimum atomic E-state index is 1.05. The highest BCUT2D eigenvalue weighted by Gasteiger charge is 2.27. The zero-order valence-electron chi connectivity index (χ0n) is 6.21. The van der Waals surface area contributed by atoms with Gasteiger partial charge in [0.2, 0.25) is 0 Å². The molecule has 2 rings (SSSR count). The first-order valence-corrected chi connectivity index (χ1v) is 6.36. The van der Waals surface area contributed by atoms with E-state index in [2.05, 4.69) is 23.5 Å². The lowest BCUT2D eigenvalue weighted by molar-refractivity contribution is 0.402. The lowest BCUT2D eigenvalue weighted by Crippen LogP contribution is -2.26. The molecule has 0 unspecified atom stereocenters. The molecule has 0 spiro atoms. The molecule has 2 fully saturated rings. The Balaban J connectivity index is 1.93. The van der Waals surface area contributed by atoms with E-state index in [-0.39, 0.29) is 0 Å². The summed E-state index contributed by atoms with van der Waals surface area (Å²) in [5.74, 6) is 2.54. The van der Waals surface area contributed by atoms with E-state index in [1.807, 2.05) is 0 Å². The first-order chi connectivity index (χ1) is 4.97. The van der Waals surface area contributed by atoms with Gasteiger partial charge in [0, 0.05) is 10.3 Å². The average molecular weight is 174 g/mol. The Morgan fingerprint density at radius 3 is 2.90 bits per heavy atom. The van der Waals surface area contributed by atoms with Crippen LogP contribution in [0.25, 0.3) is 0 Å². The van der Waals surface area contributed by atoms with Crippen LogP contribution in [-0.4, -0.2) is 16.1 Å². The summed E-state index contributed by atoms with van der Waals surface area (Å²) in [6.45, 7) is 0. The van der Waals surface area contributed by atoms with Gasteiger partial charge < -0.3 is 0 Å². The van der Waals surface area contributed by atoms with Gasteiger partial charge in [0.25, 0.3) is 0 Å². The van der Waals surface area contributed by atoms with Crippen molar-refractivity contribution in [2.24, 2.45) is 5.92 Å². The molecule has 58 valence electrons. The van der Waals surface area contributed by atoms with E-state index in [9.17, 15) is 0 Å².